The molecule has 2 rings (SSSR count). The van der Waals surface area contributed by atoms with Gasteiger partial charge in [-0.3, -0.25) is 0 Å². The Hall–Kier alpha value is -1.27. The molecular formula is C16H25NO4S. The van der Waals surface area contributed by atoms with Crippen LogP contribution in [0.5, 0.6) is 11.5 Å². The van der Waals surface area contributed by atoms with E-state index in [1.807, 2.05) is 18.2 Å². The first-order chi connectivity index (χ1) is 10.4. The Labute approximate surface area is 132 Å². The molecule has 0 saturated carbocycles. The van der Waals surface area contributed by atoms with E-state index in [9.17, 15) is 8.42 Å². The topological polar surface area (TPSA) is 64.6 Å². The highest BCUT2D eigenvalue weighted by Gasteiger charge is 2.27. The maximum atomic E-state index is 11.5. The summed E-state index contributed by atoms with van der Waals surface area (Å²) in [6.45, 7) is 5.45. The lowest BCUT2D eigenvalue weighted by Gasteiger charge is -2.15. The minimum Gasteiger partial charge on any atom is -0.493 e. The molecule has 22 heavy (non-hydrogen) atoms. The molecule has 1 atom stereocenters. The highest BCUT2D eigenvalue weighted by atomic mass is 32.2. The molecule has 1 N–H and O–H groups in total. The van der Waals surface area contributed by atoms with Crippen molar-refractivity contribution in [3.05, 3.63) is 23.8 Å². The van der Waals surface area contributed by atoms with Crippen LogP contribution in [0.25, 0.3) is 0 Å². The molecule has 0 radical (unpaired) electrons. The van der Waals surface area contributed by atoms with Crippen LogP contribution in [0.3, 0.4) is 0 Å². The van der Waals surface area contributed by atoms with Crippen LogP contribution in [0.1, 0.15) is 25.8 Å². The molecule has 1 aromatic rings. The van der Waals surface area contributed by atoms with Crippen molar-refractivity contribution < 1.29 is 17.9 Å². The minimum absolute atomic E-state index is 0.0483. The standard InChI is InChI=1S/C16H25NO4S/c1-12(2)10-21-16-8-13(4-5-15(16)20-3)9-17-14-6-7-22(18,19)11-14/h4-5,8,12,14,17H,6-7,9-11H2,1-3H3. The number of hydrogen-bond donors (Lipinski definition) is 1. The third-order valence-electron chi connectivity index (χ3n) is 3.63. The van der Waals surface area contributed by atoms with Crippen LogP contribution in [0.2, 0.25) is 0 Å². The van der Waals surface area contributed by atoms with Crippen LogP contribution in [-0.4, -0.2) is 39.7 Å². The van der Waals surface area contributed by atoms with Gasteiger partial charge in [0.15, 0.2) is 21.3 Å². The van der Waals surface area contributed by atoms with E-state index in [1.165, 1.54) is 0 Å². The summed E-state index contributed by atoms with van der Waals surface area (Å²) >= 11 is 0. The zero-order chi connectivity index (χ0) is 16.2. The van der Waals surface area contributed by atoms with Gasteiger partial charge in [-0.25, -0.2) is 8.42 Å². The molecule has 1 fully saturated rings. The maximum Gasteiger partial charge on any atom is 0.161 e. The second kappa shape index (κ2) is 7.33. The number of methoxy groups -OCH3 is 1. The number of rotatable bonds is 7. The summed E-state index contributed by atoms with van der Waals surface area (Å²) in [4.78, 5) is 0. The monoisotopic (exact) mass is 327 g/mol. The third kappa shape index (κ3) is 4.88. The Balaban J connectivity index is 1.97. The summed E-state index contributed by atoms with van der Waals surface area (Å²) in [5.41, 5.74) is 1.06. The lowest BCUT2D eigenvalue weighted by molar-refractivity contribution is 0.256. The summed E-state index contributed by atoms with van der Waals surface area (Å²) in [5, 5.41) is 3.31. The summed E-state index contributed by atoms with van der Waals surface area (Å²) in [7, 11) is -1.22. The maximum absolute atomic E-state index is 11.5. The van der Waals surface area contributed by atoms with E-state index in [1.54, 1.807) is 7.11 Å². The van der Waals surface area contributed by atoms with Crippen LogP contribution in [0.15, 0.2) is 18.2 Å². The molecule has 1 heterocycles. The summed E-state index contributed by atoms with van der Waals surface area (Å²) in [6.07, 6.45) is 0.690. The van der Waals surface area contributed by atoms with Gasteiger partial charge in [-0.05, 0) is 30.0 Å². The van der Waals surface area contributed by atoms with Gasteiger partial charge in [-0.15, -0.1) is 0 Å². The van der Waals surface area contributed by atoms with Crippen molar-refractivity contribution in [2.24, 2.45) is 5.92 Å². The van der Waals surface area contributed by atoms with Gasteiger partial charge in [-0.1, -0.05) is 19.9 Å². The molecule has 124 valence electrons. The fourth-order valence-electron chi connectivity index (χ4n) is 2.42. The van der Waals surface area contributed by atoms with Crippen LogP contribution in [0.4, 0.5) is 0 Å². The molecule has 1 aliphatic heterocycles. The first-order valence-corrected chi connectivity index (χ1v) is 9.45. The van der Waals surface area contributed by atoms with E-state index in [2.05, 4.69) is 19.2 Å². The average Bonchev–Trinajstić information content (AvgIpc) is 2.82. The lowest BCUT2D eigenvalue weighted by atomic mass is 10.1. The van der Waals surface area contributed by atoms with Gasteiger partial charge in [0, 0.05) is 12.6 Å². The fourth-order valence-corrected chi connectivity index (χ4v) is 4.13. The molecule has 6 heteroatoms. The third-order valence-corrected chi connectivity index (χ3v) is 5.40. The molecule has 0 spiro atoms. The fraction of sp³-hybridized carbons (Fsp3) is 0.625. The Morgan fingerprint density at radius 3 is 2.68 bits per heavy atom. The Bertz CT molecular complexity index is 598. The second-order valence-corrected chi connectivity index (χ2v) is 8.40. The minimum atomic E-state index is -2.84. The van der Waals surface area contributed by atoms with Crippen molar-refractivity contribution in [1.82, 2.24) is 5.32 Å². The molecule has 1 aliphatic rings. The van der Waals surface area contributed by atoms with E-state index in [-0.39, 0.29) is 17.5 Å². The van der Waals surface area contributed by atoms with E-state index in [0.717, 1.165) is 11.3 Å². The molecule has 0 amide bonds. The van der Waals surface area contributed by atoms with Gasteiger partial charge in [0.1, 0.15) is 0 Å². The molecular weight excluding hydrogens is 302 g/mol. The van der Waals surface area contributed by atoms with Crippen molar-refractivity contribution in [2.75, 3.05) is 25.2 Å². The van der Waals surface area contributed by atoms with Crippen molar-refractivity contribution >= 4 is 9.84 Å². The smallest absolute Gasteiger partial charge is 0.161 e. The molecule has 5 nitrogen and oxygen atoms in total. The summed E-state index contributed by atoms with van der Waals surface area (Å²) in [5.74, 6) is 2.41. The molecule has 1 saturated heterocycles. The Kier molecular flexibility index (Phi) is 5.69. The van der Waals surface area contributed by atoms with E-state index in [0.29, 0.717) is 31.2 Å². The summed E-state index contributed by atoms with van der Waals surface area (Å²) < 4.78 is 34.0. The number of hydrogen-bond acceptors (Lipinski definition) is 5. The normalized spacial score (nSPS) is 20.3. The first kappa shape index (κ1) is 17.1. The van der Waals surface area contributed by atoms with Crippen LogP contribution >= 0.6 is 0 Å². The number of benzene rings is 1. The van der Waals surface area contributed by atoms with E-state index in [4.69, 9.17) is 9.47 Å². The molecule has 0 aromatic heterocycles. The quantitative estimate of drug-likeness (QED) is 0.830. The van der Waals surface area contributed by atoms with Gasteiger partial charge >= 0.3 is 0 Å². The SMILES string of the molecule is COc1ccc(CNC2CCS(=O)(=O)C2)cc1OCC(C)C. The van der Waals surface area contributed by atoms with E-state index < -0.39 is 9.84 Å². The molecule has 1 aromatic carbocycles. The van der Waals surface area contributed by atoms with E-state index >= 15 is 0 Å². The Morgan fingerprint density at radius 2 is 2.09 bits per heavy atom. The number of ether oxygens (including phenoxy) is 2. The van der Waals surface area contributed by atoms with Gasteiger partial charge in [0.2, 0.25) is 0 Å². The molecule has 0 aliphatic carbocycles. The van der Waals surface area contributed by atoms with Crippen LogP contribution in [-0.2, 0) is 16.4 Å². The van der Waals surface area contributed by atoms with Crippen molar-refractivity contribution in [3.8, 4) is 11.5 Å². The highest BCUT2D eigenvalue weighted by Crippen LogP contribution is 2.28. The largest absolute Gasteiger partial charge is 0.493 e. The van der Waals surface area contributed by atoms with Crippen molar-refractivity contribution in [3.63, 3.8) is 0 Å². The van der Waals surface area contributed by atoms with Crippen molar-refractivity contribution in [2.45, 2.75) is 32.9 Å². The predicted molar refractivity (Wildman–Crippen MR) is 87.2 cm³/mol. The number of nitrogens with one attached hydrogen (secondary N) is 1. The molecule has 0 bridgehead atoms. The van der Waals surface area contributed by atoms with Gasteiger partial charge < -0.3 is 14.8 Å². The van der Waals surface area contributed by atoms with Gasteiger partial charge in [0.25, 0.3) is 0 Å². The van der Waals surface area contributed by atoms with Gasteiger partial charge in [-0.2, -0.15) is 0 Å². The Morgan fingerprint density at radius 1 is 1.32 bits per heavy atom. The number of sulfone groups is 1. The summed E-state index contributed by atoms with van der Waals surface area (Å²) in [6, 6.07) is 5.86. The van der Waals surface area contributed by atoms with Crippen LogP contribution < -0.4 is 14.8 Å². The molecule has 1 unspecified atom stereocenters. The zero-order valence-electron chi connectivity index (χ0n) is 13.5. The average molecular weight is 327 g/mol. The first-order valence-electron chi connectivity index (χ1n) is 7.63. The second-order valence-electron chi connectivity index (χ2n) is 6.17. The lowest BCUT2D eigenvalue weighted by Crippen LogP contribution is -2.29. The van der Waals surface area contributed by atoms with Gasteiger partial charge in [0.05, 0.1) is 25.2 Å². The van der Waals surface area contributed by atoms with Crippen molar-refractivity contribution in [1.29, 1.82) is 0 Å². The highest BCUT2D eigenvalue weighted by molar-refractivity contribution is 7.91. The zero-order valence-corrected chi connectivity index (χ0v) is 14.3. The predicted octanol–water partition coefficient (Wildman–Crippen LogP) is 2.01. The van der Waals surface area contributed by atoms with Crippen LogP contribution in [0, 0.1) is 5.92 Å².